The van der Waals surface area contributed by atoms with E-state index in [0.29, 0.717) is 0 Å². The van der Waals surface area contributed by atoms with E-state index in [-0.39, 0.29) is 17.8 Å². The standard InChI is InChI=1S/C11H14BrNO.ClH/c1-11(7-14-2)6-13-10-5-8(12)3-4-9(10)11;/h3-5,13H,6-7H2,1-2H3;1H. The first-order chi connectivity index (χ1) is 6.65. The van der Waals surface area contributed by atoms with E-state index in [1.165, 1.54) is 11.3 Å². The molecule has 1 aromatic carbocycles. The summed E-state index contributed by atoms with van der Waals surface area (Å²) in [6.07, 6.45) is 0. The summed E-state index contributed by atoms with van der Waals surface area (Å²) in [6.45, 7) is 3.94. The summed E-state index contributed by atoms with van der Waals surface area (Å²) in [7, 11) is 1.75. The number of hydrogen-bond acceptors (Lipinski definition) is 2. The third-order valence-electron chi connectivity index (χ3n) is 2.76. The quantitative estimate of drug-likeness (QED) is 0.904. The van der Waals surface area contributed by atoms with Crippen LogP contribution >= 0.6 is 28.3 Å². The molecule has 1 aromatic rings. The Morgan fingerprint density at radius 1 is 1.53 bits per heavy atom. The number of hydrogen-bond donors (Lipinski definition) is 1. The van der Waals surface area contributed by atoms with Crippen molar-refractivity contribution in [2.45, 2.75) is 12.3 Å². The second-order valence-corrected chi connectivity index (χ2v) is 4.95. The third kappa shape index (κ3) is 2.30. The first-order valence-corrected chi connectivity index (χ1v) is 5.48. The van der Waals surface area contributed by atoms with Gasteiger partial charge in [0.05, 0.1) is 6.61 Å². The zero-order valence-corrected chi connectivity index (χ0v) is 11.2. The largest absolute Gasteiger partial charge is 0.384 e. The molecule has 0 amide bonds. The van der Waals surface area contributed by atoms with Gasteiger partial charge in [0, 0.05) is 29.2 Å². The maximum Gasteiger partial charge on any atom is 0.0574 e. The lowest BCUT2D eigenvalue weighted by molar-refractivity contribution is 0.147. The normalized spacial score (nSPS) is 22.9. The van der Waals surface area contributed by atoms with Crippen LogP contribution in [0, 0.1) is 0 Å². The lowest BCUT2D eigenvalue weighted by atomic mass is 9.85. The van der Waals surface area contributed by atoms with E-state index < -0.39 is 0 Å². The van der Waals surface area contributed by atoms with Crippen LogP contribution in [-0.4, -0.2) is 20.3 Å². The molecule has 0 bridgehead atoms. The Morgan fingerprint density at radius 2 is 2.27 bits per heavy atom. The van der Waals surface area contributed by atoms with Crippen molar-refractivity contribution < 1.29 is 4.74 Å². The Hall–Kier alpha value is -0.250. The minimum absolute atomic E-state index is 0. The molecule has 1 atom stereocenters. The third-order valence-corrected chi connectivity index (χ3v) is 3.26. The summed E-state index contributed by atoms with van der Waals surface area (Å²) in [6, 6.07) is 6.37. The molecular formula is C11H15BrClNO. The van der Waals surface area contributed by atoms with Crippen LogP contribution in [0.15, 0.2) is 22.7 Å². The van der Waals surface area contributed by atoms with E-state index >= 15 is 0 Å². The molecule has 0 saturated heterocycles. The maximum atomic E-state index is 5.26. The Morgan fingerprint density at radius 3 is 2.93 bits per heavy atom. The Labute approximate surface area is 105 Å². The highest BCUT2D eigenvalue weighted by Gasteiger charge is 2.34. The molecule has 0 spiro atoms. The molecule has 0 fully saturated rings. The first-order valence-electron chi connectivity index (χ1n) is 4.68. The van der Waals surface area contributed by atoms with E-state index in [9.17, 15) is 0 Å². The zero-order valence-electron chi connectivity index (χ0n) is 8.84. The topological polar surface area (TPSA) is 21.3 Å². The van der Waals surface area contributed by atoms with Crippen molar-refractivity contribution in [3.05, 3.63) is 28.2 Å². The van der Waals surface area contributed by atoms with Gasteiger partial charge >= 0.3 is 0 Å². The van der Waals surface area contributed by atoms with Gasteiger partial charge in [0.2, 0.25) is 0 Å². The van der Waals surface area contributed by atoms with E-state index in [2.05, 4.69) is 46.4 Å². The zero-order chi connectivity index (χ0) is 10.2. The van der Waals surface area contributed by atoms with Gasteiger partial charge in [-0.2, -0.15) is 0 Å². The Balaban J connectivity index is 0.00000112. The molecular weight excluding hydrogens is 277 g/mol. The first kappa shape index (κ1) is 12.8. The fourth-order valence-electron chi connectivity index (χ4n) is 2.02. The summed E-state index contributed by atoms with van der Waals surface area (Å²) >= 11 is 3.47. The van der Waals surface area contributed by atoms with Crippen LogP contribution in [0.25, 0.3) is 0 Å². The summed E-state index contributed by atoms with van der Waals surface area (Å²) in [5.41, 5.74) is 2.69. The van der Waals surface area contributed by atoms with Crippen LogP contribution in [0.5, 0.6) is 0 Å². The van der Waals surface area contributed by atoms with E-state index in [1.807, 2.05) is 0 Å². The molecule has 4 heteroatoms. The van der Waals surface area contributed by atoms with Gasteiger partial charge < -0.3 is 10.1 Å². The van der Waals surface area contributed by atoms with Gasteiger partial charge in [-0.1, -0.05) is 28.9 Å². The number of fused-ring (bicyclic) bond motifs is 1. The number of benzene rings is 1. The predicted octanol–water partition coefficient (Wildman–Crippen LogP) is 3.20. The molecule has 2 rings (SSSR count). The number of anilines is 1. The Kier molecular flexibility index (Phi) is 4.04. The van der Waals surface area contributed by atoms with Crippen molar-refractivity contribution in [3.8, 4) is 0 Å². The van der Waals surface area contributed by atoms with Gasteiger partial charge in [0.25, 0.3) is 0 Å². The van der Waals surface area contributed by atoms with Crippen LogP contribution in [0.1, 0.15) is 12.5 Å². The molecule has 15 heavy (non-hydrogen) atoms. The second-order valence-electron chi connectivity index (χ2n) is 4.04. The Bertz CT molecular complexity index is 358. The van der Waals surface area contributed by atoms with Crippen LogP contribution in [0.2, 0.25) is 0 Å². The minimum Gasteiger partial charge on any atom is -0.384 e. The molecule has 1 aliphatic rings. The number of methoxy groups -OCH3 is 1. The number of halogens is 2. The van der Waals surface area contributed by atoms with Crippen LogP contribution in [-0.2, 0) is 10.2 Å². The summed E-state index contributed by atoms with van der Waals surface area (Å²) in [5.74, 6) is 0. The van der Waals surface area contributed by atoms with Gasteiger partial charge in [0.15, 0.2) is 0 Å². The van der Waals surface area contributed by atoms with E-state index in [1.54, 1.807) is 7.11 Å². The smallest absolute Gasteiger partial charge is 0.0574 e. The molecule has 0 radical (unpaired) electrons. The maximum absolute atomic E-state index is 5.26. The minimum atomic E-state index is 0. The summed E-state index contributed by atoms with van der Waals surface area (Å²) in [5, 5.41) is 3.41. The van der Waals surface area contributed by atoms with Gasteiger partial charge in [-0.3, -0.25) is 0 Å². The lowest BCUT2D eigenvalue weighted by Crippen LogP contribution is -2.29. The van der Waals surface area contributed by atoms with E-state index in [0.717, 1.165) is 17.6 Å². The summed E-state index contributed by atoms with van der Waals surface area (Å²) in [4.78, 5) is 0. The van der Waals surface area contributed by atoms with Gasteiger partial charge in [-0.15, -0.1) is 12.4 Å². The molecule has 1 unspecified atom stereocenters. The van der Waals surface area contributed by atoms with Crippen LogP contribution in [0.4, 0.5) is 5.69 Å². The van der Waals surface area contributed by atoms with Crippen molar-refractivity contribution >= 4 is 34.0 Å². The highest BCUT2D eigenvalue weighted by molar-refractivity contribution is 9.10. The monoisotopic (exact) mass is 291 g/mol. The number of rotatable bonds is 2. The molecule has 0 aromatic heterocycles. The molecule has 1 N–H and O–H groups in total. The molecule has 1 aliphatic heterocycles. The lowest BCUT2D eigenvalue weighted by Gasteiger charge is -2.22. The molecule has 2 nitrogen and oxygen atoms in total. The predicted molar refractivity (Wildman–Crippen MR) is 69.1 cm³/mol. The van der Waals surface area contributed by atoms with Crippen LogP contribution in [0.3, 0.4) is 0 Å². The molecule has 1 heterocycles. The van der Waals surface area contributed by atoms with Crippen molar-refractivity contribution in [1.82, 2.24) is 0 Å². The average Bonchev–Trinajstić information content (AvgIpc) is 2.44. The number of ether oxygens (including phenoxy) is 1. The van der Waals surface area contributed by atoms with Gasteiger partial charge in [-0.05, 0) is 17.7 Å². The summed E-state index contributed by atoms with van der Waals surface area (Å²) < 4.78 is 6.38. The average molecular weight is 293 g/mol. The molecule has 0 saturated carbocycles. The van der Waals surface area contributed by atoms with E-state index in [4.69, 9.17) is 4.74 Å². The van der Waals surface area contributed by atoms with Gasteiger partial charge in [0.1, 0.15) is 0 Å². The van der Waals surface area contributed by atoms with Crippen molar-refractivity contribution in [3.63, 3.8) is 0 Å². The molecule has 84 valence electrons. The van der Waals surface area contributed by atoms with Gasteiger partial charge in [-0.25, -0.2) is 0 Å². The highest BCUT2D eigenvalue weighted by Crippen LogP contribution is 2.38. The SMILES string of the molecule is COCC1(C)CNc2cc(Br)ccc21.Cl. The van der Waals surface area contributed by atoms with Crippen LogP contribution < -0.4 is 5.32 Å². The fraction of sp³-hybridized carbons (Fsp3) is 0.455. The van der Waals surface area contributed by atoms with Crippen molar-refractivity contribution in [1.29, 1.82) is 0 Å². The fourth-order valence-corrected chi connectivity index (χ4v) is 2.38. The second kappa shape index (κ2) is 4.73. The van der Waals surface area contributed by atoms with Crippen molar-refractivity contribution in [2.75, 3.05) is 25.6 Å². The molecule has 0 aliphatic carbocycles. The van der Waals surface area contributed by atoms with Crippen molar-refractivity contribution in [2.24, 2.45) is 0 Å². The number of nitrogens with one attached hydrogen (secondary N) is 1. The highest BCUT2D eigenvalue weighted by atomic mass is 79.9.